The van der Waals surface area contributed by atoms with Crippen LogP contribution in [0.4, 0.5) is 13.2 Å². The Kier molecular flexibility index (Phi) is 4.58. The molecule has 0 aliphatic rings. The molecule has 0 N–H and O–H groups in total. The standard InChI is InChI=1S/C19H14F3NO2S/c1-11-3-4-12(7-16(11)20)13-5-6-23-10-15(13)14-8-18(22)19(9-17(14)21)26(2,24)25/h3-10H,1-2H3. The second-order valence-corrected chi connectivity index (χ2v) is 7.90. The highest BCUT2D eigenvalue weighted by molar-refractivity contribution is 7.90. The fourth-order valence-electron chi connectivity index (χ4n) is 2.64. The summed E-state index contributed by atoms with van der Waals surface area (Å²) in [5.41, 5.74) is 1.45. The van der Waals surface area contributed by atoms with Crippen LogP contribution < -0.4 is 0 Å². The molecule has 0 amide bonds. The average Bonchev–Trinajstić information content (AvgIpc) is 2.58. The fourth-order valence-corrected chi connectivity index (χ4v) is 3.37. The van der Waals surface area contributed by atoms with E-state index in [1.165, 1.54) is 18.5 Å². The highest BCUT2D eigenvalue weighted by Crippen LogP contribution is 2.35. The molecular formula is C19H14F3NO2S. The zero-order chi connectivity index (χ0) is 19.1. The average molecular weight is 377 g/mol. The van der Waals surface area contributed by atoms with Crippen molar-refractivity contribution in [2.75, 3.05) is 6.26 Å². The Morgan fingerprint density at radius 1 is 0.846 bits per heavy atom. The molecule has 2 aromatic carbocycles. The minimum Gasteiger partial charge on any atom is -0.264 e. The highest BCUT2D eigenvalue weighted by atomic mass is 32.2. The van der Waals surface area contributed by atoms with Gasteiger partial charge in [0.2, 0.25) is 0 Å². The van der Waals surface area contributed by atoms with Gasteiger partial charge >= 0.3 is 0 Å². The van der Waals surface area contributed by atoms with Gasteiger partial charge in [0.25, 0.3) is 0 Å². The molecule has 3 rings (SSSR count). The number of aryl methyl sites for hydroxylation is 1. The summed E-state index contributed by atoms with van der Waals surface area (Å²) < 4.78 is 65.8. The van der Waals surface area contributed by atoms with E-state index in [2.05, 4.69) is 4.98 Å². The van der Waals surface area contributed by atoms with Gasteiger partial charge in [-0.15, -0.1) is 0 Å². The highest BCUT2D eigenvalue weighted by Gasteiger charge is 2.20. The summed E-state index contributed by atoms with van der Waals surface area (Å²) in [6, 6.07) is 7.56. The molecule has 3 aromatic rings. The Morgan fingerprint density at radius 2 is 1.58 bits per heavy atom. The van der Waals surface area contributed by atoms with Crippen LogP contribution in [0.3, 0.4) is 0 Å². The lowest BCUT2D eigenvalue weighted by Gasteiger charge is -2.12. The van der Waals surface area contributed by atoms with E-state index >= 15 is 0 Å². The van der Waals surface area contributed by atoms with E-state index in [-0.39, 0.29) is 11.1 Å². The van der Waals surface area contributed by atoms with Crippen LogP contribution in [0.15, 0.2) is 53.7 Å². The Hall–Kier alpha value is -2.67. The molecule has 0 spiro atoms. The van der Waals surface area contributed by atoms with Crippen LogP contribution in [0.1, 0.15) is 5.56 Å². The fraction of sp³-hybridized carbons (Fsp3) is 0.105. The SMILES string of the molecule is Cc1ccc(-c2ccncc2-c2cc(F)c(S(C)(=O)=O)cc2F)cc1F. The van der Waals surface area contributed by atoms with Crippen molar-refractivity contribution < 1.29 is 21.6 Å². The van der Waals surface area contributed by atoms with Gasteiger partial charge in [-0.05, 0) is 47.9 Å². The van der Waals surface area contributed by atoms with Crippen molar-refractivity contribution >= 4 is 9.84 Å². The number of sulfone groups is 1. The van der Waals surface area contributed by atoms with Gasteiger partial charge in [-0.1, -0.05) is 12.1 Å². The number of hydrogen-bond acceptors (Lipinski definition) is 3. The smallest absolute Gasteiger partial charge is 0.178 e. The molecule has 0 unspecified atom stereocenters. The molecular weight excluding hydrogens is 363 g/mol. The van der Waals surface area contributed by atoms with Gasteiger partial charge in [-0.2, -0.15) is 0 Å². The molecule has 0 saturated carbocycles. The van der Waals surface area contributed by atoms with Crippen LogP contribution in [0.2, 0.25) is 0 Å². The molecule has 0 radical (unpaired) electrons. The lowest BCUT2D eigenvalue weighted by molar-refractivity contribution is 0.557. The van der Waals surface area contributed by atoms with E-state index < -0.39 is 32.2 Å². The van der Waals surface area contributed by atoms with Gasteiger partial charge in [0.1, 0.15) is 22.3 Å². The van der Waals surface area contributed by atoms with Crippen molar-refractivity contribution in [2.45, 2.75) is 11.8 Å². The third-order valence-corrected chi connectivity index (χ3v) is 5.13. The molecule has 134 valence electrons. The van der Waals surface area contributed by atoms with Gasteiger partial charge in [0.05, 0.1) is 0 Å². The van der Waals surface area contributed by atoms with E-state index in [0.29, 0.717) is 22.8 Å². The Balaban J connectivity index is 2.23. The number of nitrogens with zero attached hydrogens (tertiary/aromatic N) is 1. The largest absolute Gasteiger partial charge is 0.264 e. The summed E-state index contributed by atoms with van der Waals surface area (Å²) in [5, 5.41) is 0. The van der Waals surface area contributed by atoms with E-state index in [9.17, 15) is 21.6 Å². The van der Waals surface area contributed by atoms with Gasteiger partial charge in [0.15, 0.2) is 9.84 Å². The molecule has 3 nitrogen and oxygen atoms in total. The molecule has 1 heterocycles. The van der Waals surface area contributed by atoms with Crippen LogP contribution in [0.25, 0.3) is 22.3 Å². The Bertz CT molecular complexity index is 1110. The number of rotatable bonds is 3. The van der Waals surface area contributed by atoms with E-state index in [1.807, 2.05) is 0 Å². The molecule has 0 bridgehead atoms. The van der Waals surface area contributed by atoms with Gasteiger partial charge in [-0.3, -0.25) is 4.98 Å². The van der Waals surface area contributed by atoms with Crippen molar-refractivity contribution in [3.8, 4) is 22.3 Å². The van der Waals surface area contributed by atoms with Gasteiger partial charge in [-0.25, -0.2) is 21.6 Å². The maximum atomic E-state index is 14.6. The number of halogens is 3. The first-order valence-electron chi connectivity index (χ1n) is 7.58. The van der Waals surface area contributed by atoms with Gasteiger partial charge in [0, 0.05) is 29.8 Å². The number of benzene rings is 2. The first-order chi connectivity index (χ1) is 12.2. The van der Waals surface area contributed by atoms with Crippen LogP contribution in [0, 0.1) is 24.4 Å². The lowest BCUT2D eigenvalue weighted by atomic mass is 9.95. The normalized spacial score (nSPS) is 11.6. The predicted octanol–water partition coefficient (Wildman–Crippen LogP) is 4.54. The Labute approximate surface area is 149 Å². The number of aromatic nitrogens is 1. The van der Waals surface area contributed by atoms with Crippen molar-refractivity contribution in [3.63, 3.8) is 0 Å². The van der Waals surface area contributed by atoms with E-state index in [4.69, 9.17) is 0 Å². The minimum absolute atomic E-state index is 0.154. The summed E-state index contributed by atoms with van der Waals surface area (Å²) in [6.07, 6.45) is 3.58. The third kappa shape index (κ3) is 3.35. The maximum absolute atomic E-state index is 14.6. The zero-order valence-corrected chi connectivity index (χ0v) is 14.7. The summed E-state index contributed by atoms with van der Waals surface area (Å²) in [6.45, 7) is 1.62. The lowest BCUT2D eigenvalue weighted by Crippen LogP contribution is -2.03. The zero-order valence-electron chi connectivity index (χ0n) is 13.9. The maximum Gasteiger partial charge on any atom is 0.178 e. The summed E-state index contributed by atoms with van der Waals surface area (Å²) in [7, 11) is -3.91. The monoisotopic (exact) mass is 377 g/mol. The molecule has 0 aliphatic carbocycles. The van der Waals surface area contributed by atoms with Crippen molar-refractivity contribution in [2.24, 2.45) is 0 Å². The van der Waals surface area contributed by atoms with Gasteiger partial charge < -0.3 is 0 Å². The molecule has 0 aliphatic heterocycles. The van der Waals surface area contributed by atoms with E-state index in [0.717, 1.165) is 12.3 Å². The van der Waals surface area contributed by atoms with Crippen molar-refractivity contribution in [3.05, 3.63) is 71.8 Å². The van der Waals surface area contributed by atoms with Crippen LogP contribution >= 0.6 is 0 Å². The summed E-state index contributed by atoms with van der Waals surface area (Å²) in [4.78, 5) is 3.21. The molecule has 26 heavy (non-hydrogen) atoms. The molecule has 7 heteroatoms. The van der Waals surface area contributed by atoms with Crippen LogP contribution in [-0.4, -0.2) is 19.7 Å². The first kappa shape index (κ1) is 18.1. The molecule has 0 atom stereocenters. The molecule has 1 aromatic heterocycles. The minimum atomic E-state index is -3.91. The van der Waals surface area contributed by atoms with Crippen LogP contribution in [0.5, 0.6) is 0 Å². The second kappa shape index (κ2) is 6.57. The number of pyridine rings is 1. The third-order valence-electron chi connectivity index (χ3n) is 4.02. The number of hydrogen-bond donors (Lipinski definition) is 0. The van der Waals surface area contributed by atoms with Crippen molar-refractivity contribution in [1.82, 2.24) is 4.98 Å². The summed E-state index contributed by atoms with van der Waals surface area (Å²) in [5.74, 6) is -2.40. The molecule has 0 fully saturated rings. The second-order valence-electron chi connectivity index (χ2n) is 5.92. The van der Waals surface area contributed by atoms with Crippen molar-refractivity contribution in [1.29, 1.82) is 0 Å². The summed E-state index contributed by atoms with van der Waals surface area (Å²) >= 11 is 0. The topological polar surface area (TPSA) is 47.0 Å². The Morgan fingerprint density at radius 3 is 2.23 bits per heavy atom. The van der Waals surface area contributed by atoms with E-state index in [1.54, 1.807) is 25.1 Å². The quantitative estimate of drug-likeness (QED) is 0.673. The predicted molar refractivity (Wildman–Crippen MR) is 92.8 cm³/mol. The molecule has 0 saturated heterocycles. The first-order valence-corrected chi connectivity index (χ1v) is 9.47. The van der Waals surface area contributed by atoms with Crippen LogP contribution in [-0.2, 0) is 9.84 Å².